The van der Waals surface area contributed by atoms with E-state index in [1.807, 2.05) is 28.4 Å². The van der Waals surface area contributed by atoms with Crippen LogP contribution in [0.5, 0.6) is 0 Å². The zero-order valence-corrected chi connectivity index (χ0v) is 19.2. The molecule has 0 unspecified atom stereocenters. The second-order valence-electron chi connectivity index (χ2n) is 8.30. The van der Waals surface area contributed by atoms with Gasteiger partial charge in [0.2, 0.25) is 0 Å². The zero-order chi connectivity index (χ0) is 22.2. The molecule has 7 heteroatoms. The number of thiophene rings is 1. The van der Waals surface area contributed by atoms with Crippen molar-refractivity contribution in [1.82, 2.24) is 9.47 Å². The number of nitrogens with zero attached hydrogens (tertiary/aromatic N) is 2. The van der Waals surface area contributed by atoms with Crippen LogP contribution in [0.15, 0.2) is 42.6 Å². The second-order valence-corrected chi connectivity index (χ2v) is 9.38. The molecule has 3 aromatic rings. The number of para-hydroxylation sites is 1. The molecule has 166 valence electrons. The molecular weight excluding hydrogens is 422 g/mol. The normalized spacial score (nSPS) is 17.1. The first-order valence-electron chi connectivity index (χ1n) is 11.2. The number of nitrogens with one attached hydrogen (secondary N) is 1. The van der Waals surface area contributed by atoms with Gasteiger partial charge in [-0.15, -0.1) is 11.3 Å². The average molecular weight is 450 g/mol. The monoisotopic (exact) mass is 449 g/mol. The van der Waals surface area contributed by atoms with Crippen LogP contribution in [0.2, 0.25) is 0 Å². The Bertz CT molecular complexity index is 1180. The van der Waals surface area contributed by atoms with Crippen LogP contribution in [0.3, 0.4) is 0 Å². The highest BCUT2D eigenvalue weighted by atomic mass is 32.1. The summed E-state index contributed by atoms with van der Waals surface area (Å²) in [6.07, 6.45) is 6.73. The number of carbonyl (C=O) groups is 2. The number of rotatable bonds is 3. The molecule has 3 heterocycles. The van der Waals surface area contributed by atoms with E-state index in [-0.39, 0.29) is 18.7 Å². The lowest BCUT2D eigenvalue weighted by Crippen LogP contribution is -2.36. The molecule has 1 aliphatic carbocycles. The van der Waals surface area contributed by atoms with Crippen LogP contribution in [0, 0.1) is 0 Å². The smallest absolute Gasteiger partial charge is 0.340 e. The molecule has 0 saturated heterocycles. The van der Waals surface area contributed by atoms with Crippen LogP contribution in [-0.4, -0.2) is 28.1 Å². The Labute approximate surface area is 191 Å². The topological polar surface area (TPSA) is 63.6 Å². The first kappa shape index (κ1) is 20.8. The summed E-state index contributed by atoms with van der Waals surface area (Å²) in [5, 5.41) is 4.23. The number of benzene rings is 1. The third kappa shape index (κ3) is 3.50. The van der Waals surface area contributed by atoms with Gasteiger partial charge < -0.3 is 19.5 Å². The van der Waals surface area contributed by atoms with Gasteiger partial charge in [-0.05, 0) is 69.4 Å². The average Bonchev–Trinajstić information content (AvgIpc) is 3.40. The van der Waals surface area contributed by atoms with E-state index in [9.17, 15) is 9.59 Å². The molecule has 0 spiro atoms. The highest BCUT2D eigenvalue weighted by Gasteiger charge is 2.33. The van der Waals surface area contributed by atoms with Crippen LogP contribution in [0.1, 0.15) is 64.8 Å². The number of anilines is 1. The summed E-state index contributed by atoms with van der Waals surface area (Å²) < 4.78 is 7.42. The third-order valence-electron chi connectivity index (χ3n) is 6.41. The molecule has 2 aliphatic rings. The highest BCUT2D eigenvalue weighted by molar-refractivity contribution is 7.15. The predicted molar refractivity (Wildman–Crippen MR) is 126 cm³/mol. The van der Waals surface area contributed by atoms with E-state index < -0.39 is 5.97 Å². The minimum atomic E-state index is -0.435. The standard InChI is InChI=1S/C25H27N3O3S/c1-3-31-24(29)18-10-4-6-11-20(18)26-25(30)28-15-19-17-9-5-7-13-22(17)32-23(19)27-14-8-12-21(27)16(28)2/h4,6,8,10-12,14,16H,3,5,7,9,13,15H2,1-2H3,(H,26,30)/t16-/m0/s1. The van der Waals surface area contributed by atoms with Crippen molar-refractivity contribution in [2.24, 2.45) is 0 Å². The summed E-state index contributed by atoms with van der Waals surface area (Å²) in [5.74, 6) is -0.435. The van der Waals surface area contributed by atoms with Crippen LogP contribution in [-0.2, 0) is 24.1 Å². The van der Waals surface area contributed by atoms with E-state index in [1.165, 1.54) is 33.8 Å². The number of aryl methyl sites for hydroxylation is 1. The fourth-order valence-electron chi connectivity index (χ4n) is 4.77. The molecule has 1 aromatic carbocycles. The Morgan fingerprint density at radius 3 is 2.78 bits per heavy atom. The summed E-state index contributed by atoms with van der Waals surface area (Å²) in [4.78, 5) is 29.3. The van der Waals surface area contributed by atoms with Gasteiger partial charge in [-0.3, -0.25) is 0 Å². The lowest BCUT2D eigenvalue weighted by atomic mass is 9.95. The maximum atomic E-state index is 13.6. The summed E-state index contributed by atoms with van der Waals surface area (Å²) in [6.45, 7) is 4.67. The number of ether oxygens (including phenoxy) is 1. The van der Waals surface area contributed by atoms with Crippen molar-refractivity contribution < 1.29 is 14.3 Å². The molecule has 0 bridgehead atoms. The first-order chi connectivity index (χ1) is 15.6. The fraction of sp³-hybridized carbons (Fsp3) is 0.360. The van der Waals surface area contributed by atoms with E-state index in [4.69, 9.17) is 4.74 Å². The number of urea groups is 1. The molecule has 1 atom stereocenters. The zero-order valence-electron chi connectivity index (χ0n) is 18.4. The lowest BCUT2D eigenvalue weighted by molar-refractivity contribution is 0.0527. The molecule has 2 amide bonds. The van der Waals surface area contributed by atoms with Gasteiger partial charge in [0.25, 0.3) is 0 Å². The SMILES string of the molecule is CCOC(=O)c1ccccc1NC(=O)N1Cc2c(sc3c2CCCC3)-n2cccc2[C@@H]1C. The van der Waals surface area contributed by atoms with Crippen molar-refractivity contribution in [2.75, 3.05) is 11.9 Å². The van der Waals surface area contributed by atoms with E-state index in [0.717, 1.165) is 18.5 Å². The van der Waals surface area contributed by atoms with Gasteiger partial charge in [-0.25, -0.2) is 9.59 Å². The van der Waals surface area contributed by atoms with Crippen LogP contribution < -0.4 is 5.32 Å². The van der Waals surface area contributed by atoms with Gasteiger partial charge in [0, 0.05) is 22.3 Å². The van der Waals surface area contributed by atoms with Crippen molar-refractivity contribution in [3.8, 4) is 5.00 Å². The van der Waals surface area contributed by atoms with Gasteiger partial charge >= 0.3 is 12.0 Å². The van der Waals surface area contributed by atoms with E-state index >= 15 is 0 Å². The quantitative estimate of drug-likeness (QED) is 0.522. The lowest BCUT2D eigenvalue weighted by Gasteiger charge is -2.28. The fourth-order valence-corrected chi connectivity index (χ4v) is 6.18. The van der Waals surface area contributed by atoms with Gasteiger partial charge in [-0.2, -0.15) is 0 Å². The van der Waals surface area contributed by atoms with Crippen LogP contribution in [0.4, 0.5) is 10.5 Å². The minimum Gasteiger partial charge on any atom is -0.462 e. The van der Waals surface area contributed by atoms with E-state index in [0.29, 0.717) is 17.8 Å². The van der Waals surface area contributed by atoms with Crippen molar-refractivity contribution in [2.45, 2.75) is 52.1 Å². The Kier molecular flexibility index (Phi) is 5.51. The molecule has 1 aliphatic heterocycles. The number of carbonyl (C=O) groups excluding carboxylic acids is 2. The summed E-state index contributed by atoms with van der Waals surface area (Å²) in [5.41, 5.74) is 4.61. The van der Waals surface area contributed by atoms with Crippen LogP contribution >= 0.6 is 11.3 Å². The first-order valence-corrected chi connectivity index (χ1v) is 12.0. The van der Waals surface area contributed by atoms with Crippen molar-refractivity contribution >= 4 is 29.0 Å². The maximum absolute atomic E-state index is 13.6. The molecule has 2 aromatic heterocycles. The predicted octanol–water partition coefficient (Wildman–Crippen LogP) is 5.70. The van der Waals surface area contributed by atoms with Crippen molar-refractivity contribution in [1.29, 1.82) is 0 Å². The molecule has 1 N–H and O–H groups in total. The maximum Gasteiger partial charge on any atom is 0.340 e. The number of esters is 1. The summed E-state index contributed by atoms with van der Waals surface area (Å²) >= 11 is 1.87. The molecule has 32 heavy (non-hydrogen) atoms. The highest BCUT2D eigenvalue weighted by Crippen LogP contribution is 2.42. The van der Waals surface area contributed by atoms with Gasteiger partial charge in [-0.1, -0.05) is 12.1 Å². The van der Waals surface area contributed by atoms with E-state index in [1.54, 1.807) is 25.1 Å². The van der Waals surface area contributed by atoms with Gasteiger partial charge in [0.05, 0.1) is 30.4 Å². The molecule has 6 nitrogen and oxygen atoms in total. The Balaban J connectivity index is 1.50. The third-order valence-corrected chi connectivity index (χ3v) is 7.74. The van der Waals surface area contributed by atoms with Crippen molar-refractivity contribution in [3.05, 3.63) is 69.9 Å². The Hall–Kier alpha value is -3.06. The second kappa shape index (κ2) is 8.47. The molecule has 5 rings (SSSR count). The van der Waals surface area contributed by atoms with Gasteiger partial charge in [0.15, 0.2) is 0 Å². The number of fused-ring (bicyclic) bond motifs is 5. The van der Waals surface area contributed by atoms with Crippen LogP contribution in [0.25, 0.3) is 5.00 Å². The summed E-state index contributed by atoms with van der Waals surface area (Å²) in [7, 11) is 0. The summed E-state index contributed by atoms with van der Waals surface area (Å²) in [6, 6.07) is 10.8. The molecule has 0 radical (unpaired) electrons. The molecule has 0 saturated carbocycles. The largest absolute Gasteiger partial charge is 0.462 e. The number of aromatic nitrogens is 1. The number of hydrogen-bond acceptors (Lipinski definition) is 4. The Morgan fingerprint density at radius 1 is 1.12 bits per heavy atom. The van der Waals surface area contributed by atoms with Gasteiger partial charge in [0.1, 0.15) is 5.00 Å². The number of hydrogen-bond donors (Lipinski definition) is 1. The molecular formula is C25H27N3O3S. The Morgan fingerprint density at radius 2 is 1.94 bits per heavy atom. The van der Waals surface area contributed by atoms with E-state index in [2.05, 4.69) is 29.1 Å². The number of amides is 2. The van der Waals surface area contributed by atoms with Crippen molar-refractivity contribution in [3.63, 3.8) is 0 Å². The minimum absolute atomic E-state index is 0.112. The molecule has 0 fully saturated rings.